The van der Waals surface area contributed by atoms with Crippen molar-refractivity contribution in [2.45, 2.75) is 25.1 Å². The average Bonchev–Trinajstić information content (AvgIpc) is 3.68. The zero-order valence-corrected chi connectivity index (χ0v) is 24.1. The van der Waals surface area contributed by atoms with Gasteiger partial charge in [0.1, 0.15) is 17.2 Å². The van der Waals surface area contributed by atoms with E-state index in [1.165, 1.54) is 34.4 Å². The maximum Gasteiger partial charge on any atom is 0.573 e. The van der Waals surface area contributed by atoms with Gasteiger partial charge in [0, 0.05) is 56.6 Å². The van der Waals surface area contributed by atoms with Gasteiger partial charge in [-0.15, -0.1) is 24.5 Å². The number of para-hydroxylation sites is 1. The highest BCUT2D eigenvalue weighted by molar-refractivity contribution is 7.09. The lowest BCUT2D eigenvalue weighted by atomic mass is 9.97. The van der Waals surface area contributed by atoms with Gasteiger partial charge in [0.15, 0.2) is 0 Å². The maximum atomic E-state index is 13.2. The fourth-order valence-electron chi connectivity index (χ4n) is 5.46. The Morgan fingerprint density at radius 3 is 2.40 bits per heavy atom. The van der Waals surface area contributed by atoms with Crippen LogP contribution in [-0.2, 0) is 0 Å². The van der Waals surface area contributed by atoms with E-state index in [4.69, 9.17) is 4.74 Å². The number of alkyl halides is 3. The number of ether oxygens (including phenoxy) is 2. The molecule has 2 aromatic carbocycles. The summed E-state index contributed by atoms with van der Waals surface area (Å²) < 4.78 is 47.7. The summed E-state index contributed by atoms with van der Waals surface area (Å²) in [6.07, 6.45) is -3.70. The highest BCUT2D eigenvalue weighted by Gasteiger charge is 2.34. The van der Waals surface area contributed by atoms with Crippen molar-refractivity contribution in [3.63, 3.8) is 0 Å². The zero-order chi connectivity index (χ0) is 30.1. The number of halogens is 3. The molecule has 2 saturated heterocycles. The summed E-state index contributed by atoms with van der Waals surface area (Å²) in [5.74, 6) is 0.418. The van der Waals surface area contributed by atoms with Crippen LogP contribution in [0.2, 0.25) is 0 Å². The number of H-pyrrole nitrogens is 1. The highest BCUT2D eigenvalue weighted by atomic mass is 32.1. The number of nitrogens with zero attached hydrogens (tertiary/aromatic N) is 5. The van der Waals surface area contributed by atoms with Crippen molar-refractivity contribution < 1.29 is 32.2 Å². The third-order valence-electron chi connectivity index (χ3n) is 7.76. The minimum atomic E-state index is -4.89. The number of benzene rings is 2. The number of carbonyl (C=O) groups excluding carboxylic acids is 2. The molecule has 4 heterocycles. The molecule has 0 bridgehead atoms. The Labute approximate surface area is 249 Å². The number of anilines is 1. The third kappa shape index (κ3) is 6.24. The number of rotatable bonds is 6. The molecule has 0 aliphatic carbocycles. The predicted molar refractivity (Wildman–Crippen MR) is 154 cm³/mol. The van der Waals surface area contributed by atoms with Gasteiger partial charge >= 0.3 is 6.36 Å². The van der Waals surface area contributed by atoms with Crippen LogP contribution in [-0.4, -0.2) is 89.3 Å². The number of likely N-dealkylation sites (tertiary alicyclic amines) is 1. The topological polar surface area (TPSA) is 104 Å². The van der Waals surface area contributed by atoms with Crippen molar-refractivity contribution in [1.82, 2.24) is 24.8 Å². The summed E-state index contributed by atoms with van der Waals surface area (Å²) in [6.45, 7) is 3.05. The van der Waals surface area contributed by atoms with Crippen molar-refractivity contribution >= 4 is 40.1 Å². The van der Waals surface area contributed by atoms with Crippen LogP contribution in [0.5, 0.6) is 11.5 Å². The first-order valence-corrected chi connectivity index (χ1v) is 14.7. The molecule has 0 spiro atoms. The monoisotopic (exact) mass is 614 g/mol. The van der Waals surface area contributed by atoms with Crippen molar-refractivity contribution in [3.05, 3.63) is 64.1 Å². The molecule has 14 heteroatoms. The smallest absolute Gasteiger partial charge is 0.497 e. The van der Waals surface area contributed by atoms with E-state index in [-0.39, 0.29) is 17.4 Å². The minimum Gasteiger partial charge on any atom is -0.497 e. The van der Waals surface area contributed by atoms with Gasteiger partial charge in [-0.25, -0.2) is 9.97 Å². The summed E-state index contributed by atoms with van der Waals surface area (Å²) in [5.41, 5.74) is 2.01. The van der Waals surface area contributed by atoms with Gasteiger partial charge in [0.2, 0.25) is 5.95 Å². The van der Waals surface area contributed by atoms with Crippen LogP contribution < -0.4 is 14.4 Å². The molecule has 2 aliphatic heterocycles. The molecule has 10 nitrogen and oxygen atoms in total. The fourth-order valence-corrected chi connectivity index (χ4v) is 6.43. The average molecular weight is 615 g/mol. The van der Waals surface area contributed by atoms with Gasteiger partial charge in [0.05, 0.1) is 28.7 Å². The lowest BCUT2D eigenvalue weighted by molar-refractivity contribution is -0.274. The van der Waals surface area contributed by atoms with E-state index in [1.807, 2.05) is 18.2 Å². The van der Waals surface area contributed by atoms with Gasteiger partial charge < -0.3 is 29.2 Å². The summed E-state index contributed by atoms with van der Waals surface area (Å²) >= 11 is 1.42. The van der Waals surface area contributed by atoms with Crippen LogP contribution in [0.3, 0.4) is 0 Å². The van der Waals surface area contributed by atoms with E-state index in [1.54, 1.807) is 17.4 Å². The number of hydrogen-bond donors (Lipinski definition) is 1. The second-order valence-electron chi connectivity index (χ2n) is 10.4. The van der Waals surface area contributed by atoms with Crippen molar-refractivity contribution in [3.8, 4) is 11.5 Å². The number of methoxy groups -OCH3 is 1. The van der Waals surface area contributed by atoms with Gasteiger partial charge in [-0.3, -0.25) is 9.59 Å². The first-order valence-electron chi connectivity index (χ1n) is 13.9. The normalized spacial score (nSPS) is 16.5. The molecule has 2 aromatic heterocycles. The Morgan fingerprint density at radius 1 is 0.953 bits per heavy atom. The van der Waals surface area contributed by atoms with Crippen LogP contribution in [0, 0.1) is 0 Å². The Hall–Kier alpha value is -4.33. The van der Waals surface area contributed by atoms with Crippen molar-refractivity contribution in [1.29, 1.82) is 0 Å². The second kappa shape index (κ2) is 11.7. The SMILES string of the molecule is COc1ccc2[nH]c(N3CCN(C(=O)c4csc(C5CCN(C(=O)c6ccccc6OC(F)(F)F)CC5)n4)CC3)nc2c1. The molecule has 1 N–H and O–H groups in total. The standard InChI is InChI=1S/C29H29F3N6O4S/c1-41-19-6-7-21-22(16-19)35-28(34-21)38-14-12-37(13-15-38)27(40)23-17-43-25(33-23)18-8-10-36(11-9-18)26(39)20-4-2-3-5-24(20)42-29(30,31)32/h2-7,16-18H,8-15H2,1H3,(H,34,35). The second-order valence-corrected chi connectivity index (χ2v) is 11.3. The van der Waals surface area contributed by atoms with Crippen LogP contribution in [0.1, 0.15) is 44.6 Å². The summed E-state index contributed by atoms with van der Waals surface area (Å²) in [7, 11) is 1.62. The Balaban J connectivity index is 1.03. The number of thiazole rings is 1. The largest absolute Gasteiger partial charge is 0.573 e. The molecular weight excluding hydrogens is 585 g/mol. The molecule has 4 aromatic rings. The number of hydrogen-bond acceptors (Lipinski definition) is 8. The van der Waals surface area contributed by atoms with Gasteiger partial charge in [0.25, 0.3) is 11.8 Å². The van der Waals surface area contributed by atoms with E-state index in [9.17, 15) is 22.8 Å². The van der Waals surface area contributed by atoms with Crippen LogP contribution in [0.15, 0.2) is 47.8 Å². The predicted octanol–water partition coefficient (Wildman–Crippen LogP) is 4.91. The molecule has 0 saturated carbocycles. The molecule has 0 atom stereocenters. The summed E-state index contributed by atoms with van der Waals surface area (Å²) in [4.78, 5) is 44.4. The molecule has 2 aliphatic rings. The number of aromatic nitrogens is 3. The highest BCUT2D eigenvalue weighted by Crippen LogP contribution is 2.33. The van der Waals surface area contributed by atoms with Crippen LogP contribution >= 0.6 is 11.3 Å². The molecule has 2 fully saturated rings. The summed E-state index contributed by atoms with van der Waals surface area (Å²) in [6, 6.07) is 11.1. The molecule has 6 rings (SSSR count). The van der Waals surface area contributed by atoms with E-state index >= 15 is 0 Å². The van der Waals surface area contributed by atoms with E-state index in [2.05, 4.69) is 24.6 Å². The lowest BCUT2D eigenvalue weighted by Gasteiger charge is -2.34. The van der Waals surface area contributed by atoms with Crippen molar-refractivity contribution in [2.75, 3.05) is 51.3 Å². The number of piperidine rings is 1. The lowest BCUT2D eigenvalue weighted by Crippen LogP contribution is -2.49. The molecule has 0 unspecified atom stereocenters. The number of aromatic amines is 1. The Morgan fingerprint density at radius 2 is 1.67 bits per heavy atom. The minimum absolute atomic E-state index is 0.0563. The molecule has 226 valence electrons. The van der Waals surface area contributed by atoms with Gasteiger partial charge in [-0.05, 0) is 37.1 Å². The molecule has 43 heavy (non-hydrogen) atoms. The first kappa shape index (κ1) is 28.8. The van der Waals surface area contributed by atoms with E-state index in [0.29, 0.717) is 57.8 Å². The Bertz CT molecular complexity index is 1620. The van der Waals surface area contributed by atoms with Gasteiger partial charge in [-0.1, -0.05) is 12.1 Å². The molecule has 0 radical (unpaired) electrons. The summed E-state index contributed by atoms with van der Waals surface area (Å²) in [5, 5.41) is 2.60. The van der Waals surface area contributed by atoms with Gasteiger partial charge in [-0.2, -0.15) is 0 Å². The van der Waals surface area contributed by atoms with E-state index < -0.39 is 18.0 Å². The molecular formula is C29H29F3N6O4S. The zero-order valence-electron chi connectivity index (χ0n) is 23.3. The quantitative estimate of drug-likeness (QED) is 0.329. The van der Waals surface area contributed by atoms with Crippen molar-refractivity contribution in [2.24, 2.45) is 0 Å². The van der Waals surface area contributed by atoms with E-state index in [0.717, 1.165) is 33.8 Å². The number of imidazole rings is 1. The number of carbonyl (C=O) groups is 2. The number of fused-ring (bicyclic) bond motifs is 1. The van der Waals surface area contributed by atoms with Crippen LogP contribution in [0.25, 0.3) is 11.0 Å². The maximum absolute atomic E-state index is 13.2. The Kier molecular flexibility index (Phi) is 7.86. The van der Waals surface area contributed by atoms with Crippen LogP contribution in [0.4, 0.5) is 19.1 Å². The number of nitrogens with one attached hydrogen (secondary N) is 1. The molecule has 2 amide bonds. The first-order chi connectivity index (χ1) is 20.7. The number of amides is 2. The number of piperazine rings is 1. The fraction of sp³-hybridized carbons (Fsp3) is 0.379. The third-order valence-corrected chi connectivity index (χ3v) is 8.77.